The molecule has 0 radical (unpaired) electrons. The number of benzene rings is 2. The molecular weight excluding hydrogens is 421 g/mol. The molecule has 2 atom stereocenters. The number of rotatable bonds is 4. The summed E-state index contributed by atoms with van der Waals surface area (Å²) < 4.78 is 20.3. The van der Waals surface area contributed by atoms with E-state index in [2.05, 4.69) is 10.6 Å². The predicted octanol–water partition coefficient (Wildman–Crippen LogP) is 4.11. The van der Waals surface area contributed by atoms with Gasteiger partial charge in [0, 0.05) is 30.2 Å². The molecule has 0 saturated heterocycles. The smallest absolute Gasteiger partial charge is 0.316 e. The van der Waals surface area contributed by atoms with E-state index in [1.165, 1.54) is 6.07 Å². The number of hydrogen-bond acceptors (Lipinski definition) is 4. The molecule has 168 valence electrons. The van der Waals surface area contributed by atoms with Gasteiger partial charge in [0.25, 0.3) is 0 Å². The first-order valence-electron chi connectivity index (χ1n) is 11.5. The molecular formula is C26H24FN3O3. The molecule has 2 aromatic carbocycles. The zero-order valence-corrected chi connectivity index (χ0v) is 18.1. The Morgan fingerprint density at radius 2 is 1.97 bits per heavy atom. The largest absolute Gasteiger partial charge is 0.493 e. The van der Waals surface area contributed by atoms with Crippen molar-refractivity contribution in [1.29, 1.82) is 0 Å². The minimum absolute atomic E-state index is 0.0695. The summed E-state index contributed by atoms with van der Waals surface area (Å²) in [4.78, 5) is 30.4. The van der Waals surface area contributed by atoms with Crippen molar-refractivity contribution in [2.24, 2.45) is 0 Å². The van der Waals surface area contributed by atoms with Crippen LogP contribution in [-0.4, -0.2) is 29.4 Å². The molecule has 2 N–H and O–H groups in total. The number of nitrogens with one attached hydrogen (secondary N) is 2. The highest BCUT2D eigenvalue weighted by Gasteiger charge is 2.48. The number of Topliss-reactive ketones (excluding diaryl/α,β-unsaturated/α-hetero) is 1. The predicted molar refractivity (Wildman–Crippen MR) is 121 cm³/mol. The number of urea groups is 1. The second kappa shape index (κ2) is 7.54. The van der Waals surface area contributed by atoms with Gasteiger partial charge in [0.1, 0.15) is 11.6 Å². The van der Waals surface area contributed by atoms with Gasteiger partial charge >= 0.3 is 6.03 Å². The van der Waals surface area contributed by atoms with E-state index in [0.29, 0.717) is 30.8 Å². The molecule has 2 heterocycles. The lowest BCUT2D eigenvalue weighted by atomic mass is 9.91. The fourth-order valence-electron chi connectivity index (χ4n) is 5.16. The number of fused-ring (bicyclic) bond motifs is 2. The van der Waals surface area contributed by atoms with Gasteiger partial charge in [-0.3, -0.25) is 9.78 Å². The molecule has 2 fully saturated rings. The summed E-state index contributed by atoms with van der Waals surface area (Å²) in [7, 11) is 0. The third-order valence-corrected chi connectivity index (χ3v) is 7.14. The van der Waals surface area contributed by atoms with Crippen molar-refractivity contribution in [3.63, 3.8) is 0 Å². The van der Waals surface area contributed by atoms with Crippen LogP contribution in [0.2, 0.25) is 0 Å². The van der Waals surface area contributed by atoms with Gasteiger partial charge in [0.2, 0.25) is 0 Å². The summed E-state index contributed by atoms with van der Waals surface area (Å²) in [5.74, 6) is -0.272. The van der Waals surface area contributed by atoms with E-state index in [9.17, 15) is 14.0 Å². The van der Waals surface area contributed by atoms with Gasteiger partial charge < -0.3 is 15.4 Å². The summed E-state index contributed by atoms with van der Waals surface area (Å²) in [6.45, 7) is 0.538. The molecule has 0 spiro atoms. The van der Waals surface area contributed by atoms with Crippen molar-refractivity contribution < 1.29 is 18.7 Å². The van der Waals surface area contributed by atoms with Crippen molar-refractivity contribution in [2.45, 2.75) is 49.6 Å². The van der Waals surface area contributed by atoms with Crippen LogP contribution in [0.5, 0.6) is 5.75 Å². The van der Waals surface area contributed by atoms with Gasteiger partial charge in [0.05, 0.1) is 29.4 Å². The molecule has 33 heavy (non-hydrogen) atoms. The first-order valence-corrected chi connectivity index (χ1v) is 11.5. The average molecular weight is 445 g/mol. The molecule has 7 heteroatoms. The van der Waals surface area contributed by atoms with Crippen molar-refractivity contribution in [2.75, 3.05) is 6.61 Å². The van der Waals surface area contributed by atoms with Gasteiger partial charge in [-0.15, -0.1) is 0 Å². The normalized spacial score (nSPS) is 22.6. The molecule has 3 aliphatic rings. The molecule has 0 unspecified atom stereocenters. The third kappa shape index (κ3) is 3.52. The summed E-state index contributed by atoms with van der Waals surface area (Å²) in [6.07, 6.45) is 3.13. The van der Waals surface area contributed by atoms with E-state index < -0.39 is 17.6 Å². The average Bonchev–Trinajstić information content (AvgIpc) is 3.30. The molecule has 6 nitrogen and oxygen atoms in total. The highest BCUT2D eigenvalue weighted by Crippen LogP contribution is 2.45. The summed E-state index contributed by atoms with van der Waals surface area (Å²) in [5.41, 5.74) is 2.60. The van der Waals surface area contributed by atoms with Crippen LogP contribution in [0.4, 0.5) is 9.18 Å². The lowest BCUT2D eigenvalue weighted by Gasteiger charge is -2.24. The first kappa shape index (κ1) is 20.1. The number of aromatic nitrogens is 1. The van der Waals surface area contributed by atoms with Crippen LogP contribution in [0.15, 0.2) is 48.5 Å². The molecule has 3 aromatic rings. The van der Waals surface area contributed by atoms with Gasteiger partial charge in [0.15, 0.2) is 5.78 Å². The number of para-hydroxylation sites is 1. The maximum absolute atomic E-state index is 14.8. The standard InChI is InChI=1S/C26H24FN3O3/c27-19-14-22-16(9-12-33-22)13-18(19)17-6-7-21(31)24(17)29-25(32)30-26(10-11-26)23-8-5-15-3-1-2-4-20(15)28-23/h1-5,8,13-14,17,24H,6-7,9-12H2,(H2,29,30,32)/t17-,24-/m0/s1. The zero-order valence-electron chi connectivity index (χ0n) is 18.1. The molecule has 1 aliphatic heterocycles. The van der Waals surface area contributed by atoms with Crippen LogP contribution in [-0.2, 0) is 16.8 Å². The number of nitrogens with zero attached hydrogens (tertiary/aromatic N) is 1. The number of halogens is 1. The lowest BCUT2D eigenvalue weighted by Crippen LogP contribution is -2.49. The SMILES string of the molecule is O=C(N[C@@H]1C(=O)CC[C@H]1c1cc2c(cc1F)OCC2)NC1(c2ccc3ccccc3n2)CC1. The first-order chi connectivity index (χ1) is 16.0. The fraction of sp³-hybridized carbons (Fsp3) is 0.346. The van der Waals surface area contributed by atoms with Gasteiger partial charge in [-0.1, -0.05) is 24.3 Å². The Morgan fingerprint density at radius 3 is 2.82 bits per heavy atom. The summed E-state index contributed by atoms with van der Waals surface area (Å²) in [5, 5.41) is 6.94. The minimum Gasteiger partial charge on any atom is -0.493 e. The van der Waals surface area contributed by atoms with Crippen LogP contribution >= 0.6 is 0 Å². The highest BCUT2D eigenvalue weighted by molar-refractivity contribution is 5.92. The van der Waals surface area contributed by atoms with Gasteiger partial charge in [-0.05, 0) is 48.6 Å². The van der Waals surface area contributed by atoms with Crippen molar-refractivity contribution >= 4 is 22.7 Å². The number of carbonyl (C=O) groups excluding carboxylic acids is 2. The second-order valence-electron chi connectivity index (χ2n) is 9.24. The minimum atomic E-state index is -0.750. The highest BCUT2D eigenvalue weighted by atomic mass is 19.1. The van der Waals surface area contributed by atoms with E-state index in [1.54, 1.807) is 6.07 Å². The zero-order chi connectivity index (χ0) is 22.6. The Morgan fingerprint density at radius 1 is 1.12 bits per heavy atom. The number of amides is 2. The Balaban J connectivity index is 1.21. The van der Waals surface area contributed by atoms with E-state index in [-0.39, 0.29) is 17.5 Å². The monoisotopic (exact) mass is 445 g/mol. The van der Waals surface area contributed by atoms with Gasteiger partial charge in [-0.2, -0.15) is 0 Å². The Bertz CT molecular complexity index is 1290. The van der Waals surface area contributed by atoms with Crippen molar-refractivity contribution in [3.05, 3.63) is 71.2 Å². The third-order valence-electron chi connectivity index (χ3n) is 7.14. The maximum Gasteiger partial charge on any atom is 0.316 e. The fourth-order valence-corrected chi connectivity index (χ4v) is 5.16. The summed E-state index contributed by atoms with van der Waals surface area (Å²) in [6, 6.07) is 13.8. The topological polar surface area (TPSA) is 80.3 Å². The Kier molecular flexibility index (Phi) is 4.60. The second-order valence-corrected chi connectivity index (χ2v) is 9.24. The Hall–Kier alpha value is -3.48. The molecule has 2 amide bonds. The van der Waals surface area contributed by atoms with Crippen LogP contribution in [0.1, 0.15) is 48.4 Å². The molecule has 0 bridgehead atoms. The van der Waals surface area contributed by atoms with Crippen molar-refractivity contribution in [3.8, 4) is 5.75 Å². The van der Waals surface area contributed by atoms with Crippen molar-refractivity contribution in [1.82, 2.24) is 15.6 Å². The number of carbonyl (C=O) groups is 2. The van der Waals surface area contributed by atoms with Crippen LogP contribution in [0.3, 0.4) is 0 Å². The van der Waals surface area contributed by atoms with E-state index in [1.807, 2.05) is 36.4 Å². The number of hydrogen-bond donors (Lipinski definition) is 2. The van der Waals surface area contributed by atoms with E-state index in [4.69, 9.17) is 9.72 Å². The van der Waals surface area contributed by atoms with Crippen LogP contribution < -0.4 is 15.4 Å². The molecule has 1 aromatic heterocycles. The quantitative estimate of drug-likeness (QED) is 0.633. The van der Waals surface area contributed by atoms with Crippen LogP contribution in [0.25, 0.3) is 10.9 Å². The lowest BCUT2D eigenvalue weighted by molar-refractivity contribution is -0.119. The number of ketones is 1. The Labute approximate surface area is 190 Å². The maximum atomic E-state index is 14.8. The van der Waals surface area contributed by atoms with Crippen LogP contribution in [0, 0.1) is 5.82 Å². The van der Waals surface area contributed by atoms with E-state index in [0.717, 1.165) is 41.4 Å². The molecule has 2 aliphatic carbocycles. The molecule has 2 saturated carbocycles. The molecule has 6 rings (SSSR count). The summed E-state index contributed by atoms with van der Waals surface area (Å²) >= 11 is 0. The van der Waals surface area contributed by atoms with E-state index >= 15 is 0 Å². The number of ether oxygens (including phenoxy) is 1. The van der Waals surface area contributed by atoms with Gasteiger partial charge in [-0.25, -0.2) is 9.18 Å². The number of pyridine rings is 1.